The number of nitrogens with zero attached hydrogens (tertiary/aromatic N) is 3. The third-order valence-corrected chi connectivity index (χ3v) is 3.07. The van der Waals surface area contributed by atoms with Crippen LogP contribution in [-0.4, -0.2) is 39.8 Å². The Morgan fingerprint density at radius 2 is 2.20 bits per heavy atom. The van der Waals surface area contributed by atoms with E-state index in [0.29, 0.717) is 41.9 Å². The van der Waals surface area contributed by atoms with Gasteiger partial charge in [0.05, 0.1) is 23.7 Å². The zero-order chi connectivity index (χ0) is 14.4. The van der Waals surface area contributed by atoms with Crippen LogP contribution < -0.4 is 0 Å². The molecule has 6 heteroatoms. The highest BCUT2D eigenvalue weighted by Gasteiger charge is 2.13. The topological polar surface area (TPSA) is 62.4 Å². The van der Waals surface area contributed by atoms with Crippen LogP contribution in [0.4, 0.5) is 0 Å². The van der Waals surface area contributed by atoms with Gasteiger partial charge in [-0.3, -0.25) is 4.90 Å². The number of aliphatic hydroxyl groups excluding tert-OH is 1. The first-order chi connectivity index (χ1) is 9.74. The first kappa shape index (κ1) is 14.7. The van der Waals surface area contributed by atoms with Gasteiger partial charge in [-0.1, -0.05) is 35.0 Å². The fourth-order valence-corrected chi connectivity index (χ4v) is 2.04. The largest absolute Gasteiger partial charge is 0.395 e. The van der Waals surface area contributed by atoms with Gasteiger partial charge in [0.25, 0.3) is 5.89 Å². The van der Waals surface area contributed by atoms with Crippen molar-refractivity contribution >= 4 is 11.6 Å². The molecular weight excluding hydrogens is 278 g/mol. The number of benzene rings is 1. The second kappa shape index (κ2) is 7.19. The van der Waals surface area contributed by atoms with Gasteiger partial charge in [0.2, 0.25) is 0 Å². The third kappa shape index (κ3) is 3.66. The van der Waals surface area contributed by atoms with Crippen molar-refractivity contribution in [3.8, 4) is 11.5 Å². The maximum absolute atomic E-state index is 9.00. The van der Waals surface area contributed by atoms with Crippen molar-refractivity contribution in [2.45, 2.75) is 6.54 Å². The fraction of sp³-hybridized carbons (Fsp3) is 0.286. The molecule has 0 aliphatic carbocycles. The van der Waals surface area contributed by atoms with E-state index in [-0.39, 0.29) is 6.61 Å². The highest BCUT2D eigenvalue weighted by molar-refractivity contribution is 6.33. The van der Waals surface area contributed by atoms with Crippen molar-refractivity contribution in [2.24, 2.45) is 0 Å². The first-order valence-electron chi connectivity index (χ1n) is 6.26. The first-order valence-corrected chi connectivity index (χ1v) is 6.64. The van der Waals surface area contributed by atoms with Crippen LogP contribution in [0, 0.1) is 0 Å². The Morgan fingerprint density at radius 3 is 2.90 bits per heavy atom. The van der Waals surface area contributed by atoms with Gasteiger partial charge < -0.3 is 9.63 Å². The van der Waals surface area contributed by atoms with Crippen LogP contribution in [0.5, 0.6) is 0 Å². The summed E-state index contributed by atoms with van der Waals surface area (Å²) in [6, 6.07) is 7.31. The molecule has 0 saturated heterocycles. The van der Waals surface area contributed by atoms with Gasteiger partial charge >= 0.3 is 0 Å². The maximum atomic E-state index is 9.00. The predicted molar refractivity (Wildman–Crippen MR) is 77.3 cm³/mol. The number of halogens is 1. The summed E-state index contributed by atoms with van der Waals surface area (Å²) in [4.78, 5) is 6.29. The monoisotopic (exact) mass is 293 g/mol. The van der Waals surface area contributed by atoms with Gasteiger partial charge in [-0.2, -0.15) is 4.98 Å². The van der Waals surface area contributed by atoms with Crippen molar-refractivity contribution in [2.75, 3.05) is 19.7 Å². The fourth-order valence-electron chi connectivity index (χ4n) is 1.82. The molecule has 0 aliphatic heterocycles. The normalized spacial score (nSPS) is 10.9. The Balaban J connectivity index is 2.12. The number of rotatable bonds is 7. The second-order valence-corrected chi connectivity index (χ2v) is 4.65. The Bertz CT molecular complexity index is 571. The molecule has 0 fully saturated rings. The van der Waals surface area contributed by atoms with Crippen molar-refractivity contribution in [3.05, 3.63) is 47.8 Å². The maximum Gasteiger partial charge on any atom is 0.259 e. The van der Waals surface area contributed by atoms with E-state index in [9.17, 15) is 0 Å². The standard InChI is InChI=1S/C14H16ClN3O2/c1-2-7-18(8-9-19)10-13-16-14(20-17-13)11-5-3-4-6-12(11)15/h2-6,19H,1,7-10H2. The molecule has 0 radical (unpaired) electrons. The van der Waals surface area contributed by atoms with E-state index >= 15 is 0 Å². The molecule has 106 valence electrons. The predicted octanol–water partition coefficient (Wildman–Crippen LogP) is 2.37. The summed E-state index contributed by atoms with van der Waals surface area (Å²) in [6.45, 7) is 5.42. The van der Waals surface area contributed by atoms with Crippen molar-refractivity contribution < 1.29 is 9.63 Å². The number of aliphatic hydroxyl groups is 1. The van der Waals surface area contributed by atoms with E-state index < -0.39 is 0 Å². The second-order valence-electron chi connectivity index (χ2n) is 4.24. The third-order valence-electron chi connectivity index (χ3n) is 2.74. The molecule has 0 spiro atoms. The minimum Gasteiger partial charge on any atom is -0.395 e. The lowest BCUT2D eigenvalue weighted by Crippen LogP contribution is -2.27. The van der Waals surface area contributed by atoms with Crippen molar-refractivity contribution in [1.29, 1.82) is 0 Å². The number of aromatic nitrogens is 2. The molecule has 1 aromatic carbocycles. The van der Waals surface area contributed by atoms with Crippen LogP contribution in [-0.2, 0) is 6.54 Å². The zero-order valence-electron chi connectivity index (χ0n) is 11.0. The molecule has 1 N–H and O–H groups in total. The van der Waals surface area contributed by atoms with Crippen LogP contribution in [0.1, 0.15) is 5.82 Å². The lowest BCUT2D eigenvalue weighted by Gasteiger charge is -2.16. The molecule has 5 nitrogen and oxygen atoms in total. The quantitative estimate of drug-likeness (QED) is 0.794. The summed E-state index contributed by atoms with van der Waals surface area (Å²) in [5.41, 5.74) is 0.713. The van der Waals surface area contributed by atoms with Gasteiger partial charge in [0.15, 0.2) is 5.82 Å². The lowest BCUT2D eigenvalue weighted by atomic mass is 10.2. The summed E-state index contributed by atoms with van der Waals surface area (Å²) in [5, 5.41) is 13.5. The van der Waals surface area contributed by atoms with E-state index in [1.165, 1.54) is 0 Å². The Morgan fingerprint density at radius 1 is 1.40 bits per heavy atom. The van der Waals surface area contributed by atoms with Gasteiger partial charge in [-0.15, -0.1) is 6.58 Å². The van der Waals surface area contributed by atoms with Crippen LogP contribution in [0.15, 0.2) is 41.4 Å². The molecule has 0 atom stereocenters. The molecule has 2 aromatic rings. The molecule has 0 unspecified atom stereocenters. The van der Waals surface area contributed by atoms with Crippen molar-refractivity contribution in [3.63, 3.8) is 0 Å². The summed E-state index contributed by atoms with van der Waals surface area (Å²) in [6.07, 6.45) is 1.77. The molecule has 0 bridgehead atoms. The van der Waals surface area contributed by atoms with Crippen LogP contribution in [0.25, 0.3) is 11.5 Å². The Labute approximate surface area is 122 Å². The number of hydrogen-bond acceptors (Lipinski definition) is 5. The average Bonchev–Trinajstić information content (AvgIpc) is 2.88. The SMILES string of the molecule is C=CCN(CCO)Cc1noc(-c2ccccc2Cl)n1. The highest BCUT2D eigenvalue weighted by atomic mass is 35.5. The zero-order valence-corrected chi connectivity index (χ0v) is 11.8. The molecule has 20 heavy (non-hydrogen) atoms. The van der Waals surface area contributed by atoms with E-state index in [1.807, 2.05) is 23.1 Å². The van der Waals surface area contributed by atoms with Crippen LogP contribution >= 0.6 is 11.6 Å². The highest BCUT2D eigenvalue weighted by Crippen LogP contribution is 2.25. The Hall–Kier alpha value is -1.69. The van der Waals surface area contributed by atoms with Crippen LogP contribution in [0.2, 0.25) is 5.02 Å². The van der Waals surface area contributed by atoms with Gasteiger partial charge in [-0.25, -0.2) is 0 Å². The van der Waals surface area contributed by atoms with Gasteiger partial charge in [0, 0.05) is 13.1 Å². The van der Waals surface area contributed by atoms with E-state index in [1.54, 1.807) is 12.1 Å². The molecule has 0 saturated carbocycles. The smallest absolute Gasteiger partial charge is 0.259 e. The van der Waals surface area contributed by atoms with Gasteiger partial charge in [-0.05, 0) is 12.1 Å². The molecule has 1 aromatic heterocycles. The van der Waals surface area contributed by atoms with E-state index in [4.69, 9.17) is 21.2 Å². The van der Waals surface area contributed by atoms with E-state index in [0.717, 1.165) is 0 Å². The summed E-state index contributed by atoms with van der Waals surface area (Å²) >= 11 is 6.09. The lowest BCUT2D eigenvalue weighted by molar-refractivity contribution is 0.199. The minimum absolute atomic E-state index is 0.0725. The van der Waals surface area contributed by atoms with E-state index in [2.05, 4.69) is 16.7 Å². The summed E-state index contributed by atoms with van der Waals surface area (Å²) in [5.74, 6) is 0.948. The molecule has 1 heterocycles. The summed E-state index contributed by atoms with van der Waals surface area (Å²) < 4.78 is 5.23. The molecule has 2 rings (SSSR count). The number of hydrogen-bond donors (Lipinski definition) is 1. The average molecular weight is 294 g/mol. The van der Waals surface area contributed by atoms with Crippen LogP contribution in [0.3, 0.4) is 0 Å². The molecule has 0 aliphatic rings. The molecular formula is C14H16ClN3O2. The van der Waals surface area contributed by atoms with Gasteiger partial charge in [0.1, 0.15) is 0 Å². The molecule has 0 amide bonds. The Kier molecular flexibility index (Phi) is 5.29. The minimum atomic E-state index is 0.0725. The summed E-state index contributed by atoms with van der Waals surface area (Å²) in [7, 11) is 0. The van der Waals surface area contributed by atoms with Crippen molar-refractivity contribution in [1.82, 2.24) is 15.0 Å².